The third-order valence-corrected chi connectivity index (χ3v) is 10.6. The smallest absolute Gasteiger partial charge is 0.352 e. The van der Waals surface area contributed by atoms with E-state index in [9.17, 15) is 29.1 Å². The molecule has 0 radical (unpaired) electrons. The molecule has 6 rings (SSSR count). The highest BCUT2D eigenvalue weighted by Gasteiger charge is 2.54. The van der Waals surface area contributed by atoms with E-state index in [1.807, 2.05) is 0 Å². The van der Waals surface area contributed by atoms with E-state index >= 15 is 4.39 Å². The minimum Gasteiger partial charge on any atom is -0.477 e. The lowest BCUT2D eigenvalue weighted by atomic mass is 10.0. The Morgan fingerprint density at radius 1 is 1.12 bits per heavy atom. The number of nitrogens with zero attached hydrogens (tertiary/aromatic N) is 6. The summed E-state index contributed by atoms with van der Waals surface area (Å²) in [5.41, 5.74) is 0.277. The Labute approximate surface area is 281 Å². The molecule has 2 unspecified atom stereocenters. The summed E-state index contributed by atoms with van der Waals surface area (Å²) in [6, 6.07) is 8.16. The topological polar surface area (TPSA) is 173 Å². The number of benzene rings is 2. The van der Waals surface area contributed by atoms with E-state index in [0.29, 0.717) is 17.6 Å². The summed E-state index contributed by atoms with van der Waals surface area (Å²) in [5, 5.41) is 23.3. The number of imidazole rings is 1. The van der Waals surface area contributed by atoms with E-state index < -0.39 is 52.8 Å². The van der Waals surface area contributed by atoms with Crippen LogP contribution in [0.2, 0.25) is 0 Å². The molecule has 0 saturated carbocycles. The van der Waals surface area contributed by atoms with Gasteiger partial charge in [0.25, 0.3) is 5.91 Å². The molecular formula is C31H31FN8O6S2. The van der Waals surface area contributed by atoms with Gasteiger partial charge in [-0.1, -0.05) is 48.9 Å². The third-order valence-electron chi connectivity index (χ3n) is 8.16. The van der Waals surface area contributed by atoms with Crippen LogP contribution in [0.4, 0.5) is 9.18 Å². The lowest BCUT2D eigenvalue weighted by Gasteiger charge is -2.49. The highest BCUT2D eigenvalue weighted by atomic mass is 32.2. The average molecular weight is 695 g/mol. The summed E-state index contributed by atoms with van der Waals surface area (Å²) in [6.07, 6.45) is 3.50. The second kappa shape index (κ2) is 13.7. The van der Waals surface area contributed by atoms with Crippen LogP contribution in [0.1, 0.15) is 31.4 Å². The zero-order valence-corrected chi connectivity index (χ0v) is 27.5. The first kappa shape index (κ1) is 33.0. The van der Waals surface area contributed by atoms with Gasteiger partial charge in [0, 0.05) is 30.7 Å². The molecule has 17 heteroatoms. The summed E-state index contributed by atoms with van der Waals surface area (Å²) in [6.45, 7) is 2.74. The number of aromatic nitrogens is 5. The number of rotatable bonds is 11. The number of amides is 3. The molecule has 48 heavy (non-hydrogen) atoms. The number of para-hydroxylation sites is 2. The third kappa shape index (κ3) is 5.98. The number of hydrogen-bond donors (Lipinski definition) is 3. The van der Waals surface area contributed by atoms with E-state index in [4.69, 9.17) is 0 Å². The van der Waals surface area contributed by atoms with Crippen molar-refractivity contribution >= 4 is 58.4 Å². The lowest BCUT2D eigenvalue weighted by molar-refractivity contribution is -0.151. The van der Waals surface area contributed by atoms with Gasteiger partial charge in [0.15, 0.2) is 0 Å². The Hall–Kier alpha value is -4.90. The molecule has 4 heterocycles. The molecular weight excluding hydrogens is 664 g/mol. The van der Waals surface area contributed by atoms with Gasteiger partial charge in [-0.25, -0.2) is 28.0 Å². The number of aliphatic carboxylic acids is 1. The standard InChI is InChI=1S/C31H31FN8O6S2/c1-3-4-13-38-22(14-33-36-38)47-15-17-16-48-28-24(27(42)40(28)25(17)29(43)44)34-26(41)23(18-9-5-6-10-19(18)32)35-30(45)39-21-12-8-7-11-20(21)37(2)31(39)46/h5-12,14,23-24,28H,3-4,13,15-16H2,1-2H3,(H,34,41)(H,35,45)(H,43,44)/t23?,24?,28-/m1/s1. The van der Waals surface area contributed by atoms with Crippen LogP contribution in [0.15, 0.2) is 75.8 Å². The zero-order chi connectivity index (χ0) is 34.1. The quantitative estimate of drug-likeness (QED) is 0.157. The molecule has 3 atom stereocenters. The maximum atomic E-state index is 15.0. The zero-order valence-electron chi connectivity index (χ0n) is 25.8. The molecule has 0 bridgehead atoms. The van der Waals surface area contributed by atoms with Crippen LogP contribution in [0.25, 0.3) is 11.0 Å². The number of carboxylic acid groups (broad SMARTS) is 1. The van der Waals surface area contributed by atoms with Crippen LogP contribution in [0.5, 0.6) is 0 Å². The fraction of sp³-hybridized carbons (Fsp3) is 0.323. The first-order chi connectivity index (χ1) is 23.1. The molecule has 1 fully saturated rings. The number of aryl methyl sites for hydroxylation is 2. The van der Waals surface area contributed by atoms with Gasteiger partial charge in [-0.05, 0) is 30.2 Å². The van der Waals surface area contributed by atoms with Gasteiger partial charge in [-0.2, -0.15) is 0 Å². The molecule has 2 aromatic carbocycles. The molecule has 3 amide bonds. The Bertz CT molecular complexity index is 2020. The monoisotopic (exact) mass is 694 g/mol. The Balaban J connectivity index is 1.22. The van der Waals surface area contributed by atoms with Crippen molar-refractivity contribution in [3.8, 4) is 0 Å². The number of unbranched alkanes of at least 4 members (excludes halogenated alkanes) is 1. The number of nitrogens with one attached hydrogen (secondary N) is 2. The molecule has 0 aliphatic carbocycles. The van der Waals surface area contributed by atoms with Gasteiger partial charge >= 0.3 is 17.7 Å². The molecule has 4 aromatic rings. The van der Waals surface area contributed by atoms with E-state index in [1.54, 1.807) is 35.1 Å². The van der Waals surface area contributed by atoms with Gasteiger partial charge in [-0.15, -0.1) is 28.6 Å². The van der Waals surface area contributed by atoms with E-state index in [0.717, 1.165) is 33.4 Å². The van der Waals surface area contributed by atoms with Crippen molar-refractivity contribution in [2.45, 2.75) is 48.8 Å². The number of carbonyl (C=O) groups excluding carboxylic acids is 3. The number of hydrogen-bond acceptors (Lipinski definition) is 9. The molecule has 1 saturated heterocycles. The SMILES string of the molecule is CCCCn1nncc1SCC1=C(C(=O)O)N2C(=O)C(NC(=O)C(NC(=O)n3c(=O)n(C)c4ccccc43)c3ccccc3F)[C@H]2SC1. The first-order valence-electron chi connectivity index (χ1n) is 15.1. The van der Waals surface area contributed by atoms with Gasteiger partial charge < -0.3 is 15.7 Å². The summed E-state index contributed by atoms with van der Waals surface area (Å²) >= 11 is 2.66. The van der Waals surface area contributed by atoms with Crippen LogP contribution < -0.4 is 16.3 Å². The predicted molar refractivity (Wildman–Crippen MR) is 176 cm³/mol. The van der Waals surface area contributed by atoms with Crippen LogP contribution in [-0.2, 0) is 28.0 Å². The van der Waals surface area contributed by atoms with Gasteiger partial charge in [0.2, 0.25) is 5.91 Å². The Kier molecular flexibility index (Phi) is 9.41. The van der Waals surface area contributed by atoms with Gasteiger partial charge in [0.1, 0.15) is 34.0 Å². The molecule has 2 aliphatic rings. The number of β-lactam (4-membered cyclic amide) rings is 1. The molecule has 14 nitrogen and oxygen atoms in total. The van der Waals surface area contributed by atoms with Crippen molar-refractivity contribution in [1.29, 1.82) is 0 Å². The molecule has 0 spiro atoms. The fourth-order valence-corrected chi connectivity index (χ4v) is 8.12. The normalized spacial score (nSPS) is 18.0. The van der Waals surface area contributed by atoms with Crippen molar-refractivity contribution in [3.63, 3.8) is 0 Å². The maximum absolute atomic E-state index is 15.0. The number of halogens is 1. The second-order valence-electron chi connectivity index (χ2n) is 11.2. The van der Waals surface area contributed by atoms with Gasteiger partial charge in [-0.3, -0.25) is 19.1 Å². The average Bonchev–Trinajstić information content (AvgIpc) is 3.64. The maximum Gasteiger partial charge on any atom is 0.352 e. The molecule has 250 valence electrons. The summed E-state index contributed by atoms with van der Waals surface area (Å²) in [5.74, 6) is -3.06. The molecule has 2 aromatic heterocycles. The predicted octanol–water partition coefficient (Wildman–Crippen LogP) is 2.70. The number of carbonyl (C=O) groups is 4. The van der Waals surface area contributed by atoms with Crippen LogP contribution in [0.3, 0.4) is 0 Å². The fourth-order valence-electron chi connectivity index (χ4n) is 5.69. The minimum atomic E-state index is -1.63. The van der Waals surface area contributed by atoms with Crippen LogP contribution >= 0.6 is 23.5 Å². The van der Waals surface area contributed by atoms with Crippen molar-refractivity contribution < 1.29 is 28.7 Å². The largest absolute Gasteiger partial charge is 0.477 e. The lowest BCUT2D eigenvalue weighted by Crippen LogP contribution is -2.71. The Morgan fingerprint density at radius 2 is 1.85 bits per heavy atom. The van der Waals surface area contributed by atoms with Crippen molar-refractivity contribution in [1.82, 2.24) is 39.7 Å². The second-order valence-corrected chi connectivity index (χ2v) is 13.3. The Morgan fingerprint density at radius 3 is 2.58 bits per heavy atom. The van der Waals surface area contributed by atoms with Crippen LogP contribution in [0, 0.1) is 5.82 Å². The van der Waals surface area contributed by atoms with E-state index in [2.05, 4.69) is 27.9 Å². The highest BCUT2D eigenvalue weighted by Crippen LogP contribution is 2.42. The van der Waals surface area contributed by atoms with Crippen molar-refractivity contribution in [2.24, 2.45) is 7.05 Å². The van der Waals surface area contributed by atoms with Crippen molar-refractivity contribution in [2.75, 3.05) is 11.5 Å². The van der Waals surface area contributed by atoms with Crippen LogP contribution in [-0.4, -0.2) is 80.9 Å². The first-order valence-corrected chi connectivity index (χ1v) is 17.1. The highest BCUT2D eigenvalue weighted by molar-refractivity contribution is 8.01. The van der Waals surface area contributed by atoms with Crippen molar-refractivity contribution in [3.05, 3.63) is 87.9 Å². The molecule has 2 aliphatic heterocycles. The number of thioether (sulfide) groups is 2. The number of carboxylic acids is 1. The summed E-state index contributed by atoms with van der Waals surface area (Å²) in [4.78, 5) is 67.2. The van der Waals surface area contributed by atoms with E-state index in [-0.39, 0.29) is 28.3 Å². The minimum absolute atomic E-state index is 0.149. The molecule has 3 N–H and O–H groups in total. The van der Waals surface area contributed by atoms with E-state index in [1.165, 1.54) is 53.3 Å². The summed E-state index contributed by atoms with van der Waals surface area (Å²) in [7, 11) is 1.50. The van der Waals surface area contributed by atoms with Gasteiger partial charge in [0.05, 0.1) is 17.2 Å². The number of fused-ring (bicyclic) bond motifs is 2. The summed E-state index contributed by atoms with van der Waals surface area (Å²) < 4.78 is 18.9.